The zero-order valence-corrected chi connectivity index (χ0v) is 17.7. The minimum absolute atomic E-state index is 0.0234. The molecule has 0 aliphatic carbocycles. The highest BCUT2D eigenvalue weighted by Gasteiger charge is 2.12. The monoisotopic (exact) mass is 411 g/mol. The van der Waals surface area contributed by atoms with Crippen molar-refractivity contribution in [2.24, 2.45) is 0 Å². The molecule has 0 heterocycles. The van der Waals surface area contributed by atoms with Crippen LogP contribution >= 0.6 is 0 Å². The first-order valence-corrected chi connectivity index (χ1v) is 10.1. The Labute approximate surface area is 183 Å². The molecule has 5 heteroatoms. The Morgan fingerprint density at radius 2 is 1.71 bits per heavy atom. The molecule has 1 N–H and O–H groups in total. The molecule has 31 heavy (non-hydrogen) atoms. The molecule has 0 bridgehead atoms. The lowest BCUT2D eigenvalue weighted by Crippen LogP contribution is -2.21. The lowest BCUT2D eigenvalue weighted by Gasteiger charge is -2.23. The molecule has 0 aromatic heterocycles. The number of para-hydroxylation sites is 2. The quantitative estimate of drug-likeness (QED) is 0.405. The van der Waals surface area contributed by atoms with Crippen LogP contribution in [-0.2, 0) is 11.3 Å². The van der Waals surface area contributed by atoms with E-state index in [0.717, 1.165) is 24.3 Å². The number of ether oxygens (including phenoxy) is 1. The number of nitriles is 1. The smallest absolute Gasteiger partial charge is 0.266 e. The van der Waals surface area contributed by atoms with Crippen molar-refractivity contribution in [1.82, 2.24) is 0 Å². The highest BCUT2D eigenvalue weighted by atomic mass is 16.5. The number of anilines is 2. The van der Waals surface area contributed by atoms with Gasteiger partial charge in [-0.25, -0.2) is 0 Å². The zero-order chi connectivity index (χ0) is 22.1. The van der Waals surface area contributed by atoms with Gasteiger partial charge < -0.3 is 15.0 Å². The van der Waals surface area contributed by atoms with Crippen LogP contribution in [-0.4, -0.2) is 19.6 Å². The van der Waals surface area contributed by atoms with Crippen molar-refractivity contribution >= 4 is 23.4 Å². The van der Waals surface area contributed by atoms with Crippen LogP contribution in [0.1, 0.15) is 18.1 Å². The van der Waals surface area contributed by atoms with E-state index in [2.05, 4.69) is 29.3 Å². The Bertz CT molecular complexity index is 1080. The maximum atomic E-state index is 12.6. The molecule has 0 aliphatic rings. The SMILES string of the molecule is CCN(Cc1ccccc1)c1ccc(C=C(C#N)C(=O)Nc2ccccc2OC)cc1. The maximum absolute atomic E-state index is 12.6. The van der Waals surface area contributed by atoms with Crippen LogP contribution in [0.15, 0.2) is 84.4 Å². The van der Waals surface area contributed by atoms with Crippen molar-refractivity contribution < 1.29 is 9.53 Å². The minimum Gasteiger partial charge on any atom is -0.495 e. The molecule has 0 saturated carbocycles. The van der Waals surface area contributed by atoms with Crippen LogP contribution in [0.2, 0.25) is 0 Å². The van der Waals surface area contributed by atoms with Gasteiger partial charge in [-0.3, -0.25) is 4.79 Å². The third-order valence-corrected chi connectivity index (χ3v) is 4.89. The lowest BCUT2D eigenvalue weighted by atomic mass is 10.1. The molecule has 0 atom stereocenters. The fourth-order valence-electron chi connectivity index (χ4n) is 3.22. The van der Waals surface area contributed by atoms with Gasteiger partial charge in [0.2, 0.25) is 0 Å². The van der Waals surface area contributed by atoms with Crippen LogP contribution < -0.4 is 15.0 Å². The summed E-state index contributed by atoms with van der Waals surface area (Å²) in [6, 6.07) is 27.2. The van der Waals surface area contributed by atoms with E-state index in [9.17, 15) is 10.1 Å². The standard InChI is InChI=1S/C26H25N3O2/c1-3-29(19-21-9-5-4-6-10-21)23-15-13-20(14-16-23)17-22(18-27)26(30)28-24-11-7-8-12-25(24)31-2/h4-17H,3,19H2,1-2H3,(H,28,30). The summed E-state index contributed by atoms with van der Waals surface area (Å²) in [6.07, 6.45) is 1.59. The molecule has 0 radical (unpaired) electrons. The van der Waals surface area contributed by atoms with Crippen molar-refractivity contribution in [3.05, 3.63) is 95.6 Å². The number of rotatable bonds is 8. The van der Waals surface area contributed by atoms with E-state index in [1.54, 1.807) is 24.3 Å². The first-order valence-electron chi connectivity index (χ1n) is 10.1. The number of hydrogen-bond donors (Lipinski definition) is 1. The lowest BCUT2D eigenvalue weighted by molar-refractivity contribution is -0.112. The van der Waals surface area contributed by atoms with Crippen molar-refractivity contribution in [2.45, 2.75) is 13.5 Å². The van der Waals surface area contributed by atoms with Crippen LogP contribution in [0.4, 0.5) is 11.4 Å². The fraction of sp³-hybridized carbons (Fsp3) is 0.154. The molecule has 156 valence electrons. The normalized spacial score (nSPS) is 10.8. The van der Waals surface area contributed by atoms with Gasteiger partial charge in [-0.1, -0.05) is 54.6 Å². The van der Waals surface area contributed by atoms with E-state index in [1.165, 1.54) is 12.7 Å². The van der Waals surface area contributed by atoms with Crippen molar-refractivity contribution in [2.75, 3.05) is 23.9 Å². The molecular weight excluding hydrogens is 386 g/mol. The van der Waals surface area contributed by atoms with Gasteiger partial charge in [0.15, 0.2) is 0 Å². The summed E-state index contributed by atoms with van der Waals surface area (Å²) in [7, 11) is 1.53. The summed E-state index contributed by atoms with van der Waals surface area (Å²) in [6.45, 7) is 3.80. The van der Waals surface area contributed by atoms with E-state index >= 15 is 0 Å². The summed E-state index contributed by atoms with van der Waals surface area (Å²) >= 11 is 0. The molecule has 1 amide bonds. The zero-order valence-electron chi connectivity index (χ0n) is 17.7. The number of benzene rings is 3. The predicted molar refractivity (Wildman–Crippen MR) is 125 cm³/mol. The molecule has 5 nitrogen and oxygen atoms in total. The van der Waals surface area contributed by atoms with Gasteiger partial charge in [-0.2, -0.15) is 5.26 Å². The van der Waals surface area contributed by atoms with Gasteiger partial charge in [-0.15, -0.1) is 0 Å². The summed E-state index contributed by atoms with van der Waals surface area (Å²) in [5.41, 5.74) is 3.65. The average Bonchev–Trinajstić information content (AvgIpc) is 2.82. The second kappa shape index (κ2) is 10.7. The van der Waals surface area contributed by atoms with Crippen molar-refractivity contribution in [1.29, 1.82) is 5.26 Å². The fourth-order valence-corrected chi connectivity index (χ4v) is 3.22. The van der Waals surface area contributed by atoms with E-state index in [-0.39, 0.29) is 5.57 Å². The van der Waals surface area contributed by atoms with Crippen molar-refractivity contribution in [3.63, 3.8) is 0 Å². The van der Waals surface area contributed by atoms with Gasteiger partial charge in [0.25, 0.3) is 5.91 Å². The molecule has 3 aromatic carbocycles. The van der Waals surface area contributed by atoms with Crippen LogP contribution in [0, 0.1) is 11.3 Å². The molecule has 0 unspecified atom stereocenters. The molecular formula is C26H25N3O2. The largest absolute Gasteiger partial charge is 0.495 e. The highest BCUT2D eigenvalue weighted by molar-refractivity contribution is 6.10. The molecule has 3 aromatic rings. The van der Waals surface area contributed by atoms with Gasteiger partial charge in [0.05, 0.1) is 12.8 Å². The van der Waals surface area contributed by atoms with E-state index in [0.29, 0.717) is 11.4 Å². The highest BCUT2D eigenvalue weighted by Crippen LogP contribution is 2.24. The molecule has 0 saturated heterocycles. The predicted octanol–water partition coefficient (Wildman–Crippen LogP) is 5.27. The van der Waals surface area contributed by atoms with Crippen molar-refractivity contribution in [3.8, 4) is 11.8 Å². The number of hydrogen-bond acceptors (Lipinski definition) is 4. The topological polar surface area (TPSA) is 65.4 Å². The summed E-state index contributed by atoms with van der Waals surface area (Å²) < 4.78 is 5.24. The summed E-state index contributed by atoms with van der Waals surface area (Å²) in [4.78, 5) is 14.8. The van der Waals surface area contributed by atoms with Gasteiger partial charge in [0, 0.05) is 18.8 Å². The third kappa shape index (κ3) is 5.74. The molecule has 0 aliphatic heterocycles. The Morgan fingerprint density at radius 3 is 2.35 bits per heavy atom. The van der Waals surface area contributed by atoms with E-state index < -0.39 is 5.91 Å². The number of nitrogens with one attached hydrogen (secondary N) is 1. The number of nitrogens with zero attached hydrogens (tertiary/aromatic N) is 2. The van der Waals surface area contributed by atoms with E-state index in [1.807, 2.05) is 54.6 Å². The first-order chi connectivity index (χ1) is 15.1. The van der Waals surface area contributed by atoms with Crippen LogP contribution in [0.3, 0.4) is 0 Å². The third-order valence-electron chi connectivity index (χ3n) is 4.89. The Kier molecular flexibility index (Phi) is 7.45. The van der Waals surface area contributed by atoms with Crippen LogP contribution in [0.5, 0.6) is 5.75 Å². The Morgan fingerprint density at radius 1 is 1.03 bits per heavy atom. The average molecular weight is 412 g/mol. The Balaban J connectivity index is 1.74. The van der Waals surface area contributed by atoms with Crippen LogP contribution in [0.25, 0.3) is 6.08 Å². The first kappa shape index (κ1) is 21.7. The molecule has 0 spiro atoms. The molecule has 0 fully saturated rings. The van der Waals surface area contributed by atoms with Gasteiger partial charge >= 0.3 is 0 Å². The summed E-state index contributed by atoms with van der Waals surface area (Å²) in [5.74, 6) is 0.0610. The second-order valence-corrected chi connectivity index (χ2v) is 6.92. The number of amides is 1. The van der Waals surface area contributed by atoms with Gasteiger partial charge in [0.1, 0.15) is 17.4 Å². The van der Waals surface area contributed by atoms with Gasteiger partial charge in [-0.05, 0) is 48.4 Å². The second-order valence-electron chi connectivity index (χ2n) is 6.92. The van der Waals surface area contributed by atoms with E-state index in [4.69, 9.17) is 4.74 Å². The maximum Gasteiger partial charge on any atom is 0.266 e. The number of methoxy groups -OCH3 is 1. The minimum atomic E-state index is -0.477. The summed E-state index contributed by atoms with van der Waals surface area (Å²) in [5, 5.41) is 12.2. The number of carbonyl (C=O) groups is 1. The Hall–Kier alpha value is -4.04. The molecule has 3 rings (SSSR count). The number of carbonyl (C=O) groups excluding carboxylic acids is 1.